The van der Waals surface area contributed by atoms with Crippen LogP contribution in [0.25, 0.3) is 0 Å². The van der Waals surface area contributed by atoms with E-state index in [1.165, 1.54) is 12.8 Å². The molecule has 1 aliphatic rings. The Labute approximate surface area is 122 Å². The van der Waals surface area contributed by atoms with Gasteiger partial charge in [0, 0.05) is 11.6 Å². The molecular weight excluding hydrogens is 285 g/mol. The summed E-state index contributed by atoms with van der Waals surface area (Å²) in [7, 11) is 1.94. The van der Waals surface area contributed by atoms with Crippen molar-refractivity contribution in [1.29, 1.82) is 0 Å². The van der Waals surface area contributed by atoms with Gasteiger partial charge in [-0.2, -0.15) is 0 Å². The van der Waals surface area contributed by atoms with Crippen LogP contribution in [0.15, 0.2) is 12.1 Å². The number of nitrogens with zero attached hydrogens (tertiary/aromatic N) is 1. The lowest BCUT2D eigenvalue weighted by Gasteiger charge is -2.17. The van der Waals surface area contributed by atoms with Crippen molar-refractivity contribution in [3.05, 3.63) is 22.2 Å². The number of nitrogen functional groups attached to an aromatic ring is 1. The zero-order valence-corrected chi connectivity index (χ0v) is 12.3. The summed E-state index contributed by atoms with van der Waals surface area (Å²) in [6, 6.07) is 3.12. The number of carbonyl (C=O) groups is 1. The SMILES string of the molecule is CN(CC(=O)Nc1c(N)cc(Cl)cc1Cl)CC1CC1. The number of hydrogen-bond acceptors (Lipinski definition) is 3. The molecule has 2 rings (SSSR count). The van der Waals surface area contributed by atoms with Gasteiger partial charge in [0.2, 0.25) is 5.91 Å². The van der Waals surface area contributed by atoms with Crippen molar-refractivity contribution >= 4 is 40.5 Å². The van der Waals surface area contributed by atoms with Gasteiger partial charge in [0.05, 0.1) is 22.9 Å². The average Bonchev–Trinajstić information content (AvgIpc) is 3.06. The first-order chi connectivity index (χ1) is 8.95. The second kappa shape index (κ2) is 5.99. The van der Waals surface area contributed by atoms with Gasteiger partial charge in [-0.15, -0.1) is 0 Å². The molecule has 4 nitrogen and oxygen atoms in total. The Kier molecular flexibility index (Phi) is 4.55. The van der Waals surface area contributed by atoms with Crippen molar-refractivity contribution in [1.82, 2.24) is 4.90 Å². The van der Waals surface area contributed by atoms with Gasteiger partial charge in [-0.25, -0.2) is 0 Å². The maximum atomic E-state index is 11.9. The Balaban J connectivity index is 1.94. The quantitative estimate of drug-likeness (QED) is 0.822. The van der Waals surface area contributed by atoms with Gasteiger partial charge < -0.3 is 11.1 Å². The number of anilines is 2. The minimum atomic E-state index is -0.126. The van der Waals surface area contributed by atoms with Crippen molar-refractivity contribution in [2.45, 2.75) is 12.8 Å². The van der Waals surface area contributed by atoms with E-state index in [1.807, 2.05) is 11.9 Å². The van der Waals surface area contributed by atoms with Gasteiger partial charge >= 0.3 is 0 Å². The first-order valence-electron chi connectivity index (χ1n) is 6.18. The van der Waals surface area contributed by atoms with E-state index in [-0.39, 0.29) is 5.91 Å². The molecule has 19 heavy (non-hydrogen) atoms. The highest BCUT2D eigenvalue weighted by Crippen LogP contribution is 2.32. The summed E-state index contributed by atoms with van der Waals surface area (Å²) in [6.45, 7) is 1.28. The Morgan fingerprint density at radius 2 is 2.16 bits per heavy atom. The summed E-state index contributed by atoms with van der Waals surface area (Å²) in [5, 5.41) is 3.53. The van der Waals surface area contributed by atoms with Gasteiger partial charge in [-0.3, -0.25) is 9.69 Å². The molecule has 0 aromatic heterocycles. The van der Waals surface area contributed by atoms with Crippen molar-refractivity contribution in [2.75, 3.05) is 31.2 Å². The maximum Gasteiger partial charge on any atom is 0.238 e. The van der Waals surface area contributed by atoms with Gasteiger partial charge in [-0.05, 0) is 37.9 Å². The Hall–Kier alpha value is -0.970. The van der Waals surface area contributed by atoms with Crippen LogP contribution >= 0.6 is 23.2 Å². The molecular formula is C13H17Cl2N3O. The zero-order valence-electron chi connectivity index (χ0n) is 10.7. The lowest BCUT2D eigenvalue weighted by molar-refractivity contribution is -0.117. The van der Waals surface area contributed by atoms with Crippen LogP contribution < -0.4 is 11.1 Å². The third-order valence-corrected chi connectivity index (χ3v) is 3.55. The molecule has 0 spiro atoms. The topological polar surface area (TPSA) is 58.4 Å². The van der Waals surface area contributed by atoms with Crippen LogP contribution in [0.4, 0.5) is 11.4 Å². The fourth-order valence-corrected chi connectivity index (χ4v) is 2.51. The van der Waals surface area contributed by atoms with E-state index in [1.54, 1.807) is 12.1 Å². The Bertz CT molecular complexity index is 466. The van der Waals surface area contributed by atoms with Crippen LogP contribution in [0.3, 0.4) is 0 Å². The highest BCUT2D eigenvalue weighted by atomic mass is 35.5. The molecule has 1 aromatic carbocycles. The third kappa shape index (κ3) is 4.27. The number of hydrogen-bond donors (Lipinski definition) is 2. The molecule has 3 N–H and O–H groups in total. The maximum absolute atomic E-state index is 11.9. The summed E-state index contributed by atoms with van der Waals surface area (Å²) < 4.78 is 0. The second-order valence-electron chi connectivity index (χ2n) is 5.04. The molecule has 1 amide bonds. The van der Waals surface area contributed by atoms with Gasteiger partial charge in [0.15, 0.2) is 0 Å². The number of benzene rings is 1. The highest BCUT2D eigenvalue weighted by Gasteiger charge is 2.23. The number of rotatable bonds is 5. The van der Waals surface area contributed by atoms with E-state index < -0.39 is 0 Å². The molecule has 0 saturated heterocycles. The molecule has 0 unspecified atom stereocenters. The highest BCUT2D eigenvalue weighted by molar-refractivity contribution is 6.37. The molecule has 0 aliphatic heterocycles. The molecule has 0 bridgehead atoms. The standard InChI is InChI=1S/C13H17Cl2N3O/c1-18(6-8-2-3-8)7-12(19)17-13-10(15)4-9(14)5-11(13)16/h4-5,8H,2-3,6-7,16H2,1H3,(H,17,19). The summed E-state index contributed by atoms with van der Waals surface area (Å²) in [4.78, 5) is 13.9. The van der Waals surface area contributed by atoms with E-state index >= 15 is 0 Å². The van der Waals surface area contributed by atoms with Gasteiger partial charge in [-0.1, -0.05) is 23.2 Å². The molecule has 104 valence electrons. The molecule has 0 heterocycles. The fourth-order valence-electron chi connectivity index (χ4n) is 1.96. The Morgan fingerprint density at radius 3 is 2.74 bits per heavy atom. The molecule has 1 aromatic rings. The third-order valence-electron chi connectivity index (χ3n) is 3.03. The lowest BCUT2D eigenvalue weighted by atomic mass is 10.2. The number of nitrogens with two attached hydrogens (primary N) is 1. The normalized spacial score (nSPS) is 14.7. The van der Waals surface area contributed by atoms with E-state index in [4.69, 9.17) is 28.9 Å². The van der Waals surface area contributed by atoms with E-state index in [0.717, 1.165) is 12.5 Å². The molecule has 1 saturated carbocycles. The van der Waals surface area contributed by atoms with Crippen LogP contribution in [0, 0.1) is 5.92 Å². The van der Waals surface area contributed by atoms with Crippen LogP contribution in [0.2, 0.25) is 10.0 Å². The van der Waals surface area contributed by atoms with E-state index in [2.05, 4.69) is 5.32 Å². The molecule has 6 heteroatoms. The number of carbonyl (C=O) groups excluding carboxylic acids is 1. The second-order valence-corrected chi connectivity index (χ2v) is 5.88. The first-order valence-corrected chi connectivity index (χ1v) is 6.94. The molecule has 0 radical (unpaired) electrons. The van der Waals surface area contributed by atoms with Crippen molar-refractivity contribution in [2.24, 2.45) is 5.92 Å². The summed E-state index contributed by atoms with van der Waals surface area (Å²) >= 11 is 11.8. The van der Waals surface area contributed by atoms with Crippen LogP contribution in [-0.4, -0.2) is 30.9 Å². The zero-order chi connectivity index (χ0) is 14.0. The minimum Gasteiger partial charge on any atom is -0.397 e. The fraction of sp³-hybridized carbons (Fsp3) is 0.462. The van der Waals surface area contributed by atoms with E-state index in [0.29, 0.717) is 28.0 Å². The largest absolute Gasteiger partial charge is 0.397 e. The Morgan fingerprint density at radius 1 is 1.47 bits per heavy atom. The predicted octanol–water partition coefficient (Wildman–Crippen LogP) is 2.86. The number of nitrogens with one attached hydrogen (secondary N) is 1. The van der Waals surface area contributed by atoms with Gasteiger partial charge in [0.1, 0.15) is 0 Å². The van der Waals surface area contributed by atoms with Crippen molar-refractivity contribution in [3.63, 3.8) is 0 Å². The first kappa shape index (κ1) is 14.4. The van der Waals surface area contributed by atoms with Gasteiger partial charge in [0.25, 0.3) is 0 Å². The smallest absolute Gasteiger partial charge is 0.238 e. The number of halogens is 2. The minimum absolute atomic E-state index is 0.126. The average molecular weight is 302 g/mol. The summed E-state index contributed by atoms with van der Waals surface area (Å²) in [5.41, 5.74) is 6.59. The number of amides is 1. The number of likely N-dealkylation sites (N-methyl/N-ethyl adjacent to an activating group) is 1. The van der Waals surface area contributed by atoms with Crippen molar-refractivity contribution < 1.29 is 4.79 Å². The molecule has 1 fully saturated rings. The summed E-state index contributed by atoms with van der Waals surface area (Å²) in [6.07, 6.45) is 2.53. The van der Waals surface area contributed by atoms with Crippen LogP contribution in [0.1, 0.15) is 12.8 Å². The van der Waals surface area contributed by atoms with Crippen LogP contribution in [0.5, 0.6) is 0 Å². The monoisotopic (exact) mass is 301 g/mol. The summed E-state index contributed by atoms with van der Waals surface area (Å²) in [5.74, 6) is 0.626. The lowest BCUT2D eigenvalue weighted by Crippen LogP contribution is -2.31. The van der Waals surface area contributed by atoms with Crippen LogP contribution in [-0.2, 0) is 4.79 Å². The van der Waals surface area contributed by atoms with E-state index in [9.17, 15) is 4.79 Å². The molecule has 1 aliphatic carbocycles. The predicted molar refractivity (Wildman–Crippen MR) is 79.7 cm³/mol. The molecule has 0 atom stereocenters. The van der Waals surface area contributed by atoms with Crippen molar-refractivity contribution in [3.8, 4) is 0 Å².